The Balaban J connectivity index is 2.04. The van der Waals surface area contributed by atoms with E-state index in [1.165, 1.54) is 7.11 Å². The summed E-state index contributed by atoms with van der Waals surface area (Å²) < 4.78 is 34.9. The molecule has 6 heteroatoms. The van der Waals surface area contributed by atoms with Crippen molar-refractivity contribution in [3.05, 3.63) is 22.7 Å². The summed E-state index contributed by atoms with van der Waals surface area (Å²) in [6.07, 6.45) is 8.41. The molecular weight excluding hydrogens is 378 g/mol. The highest BCUT2D eigenvalue weighted by Crippen LogP contribution is 2.38. The number of hydrogen-bond donors (Lipinski definition) is 0. The van der Waals surface area contributed by atoms with Gasteiger partial charge in [0.1, 0.15) is 10.6 Å². The summed E-state index contributed by atoms with van der Waals surface area (Å²) in [5, 5.41) is 0. The lowest BCUT2D eigenvalue weighted by Crippen LogP contribution is -2.45. The summed E-state index contributed by atoms with van der Waals surface area (Å²) in [6.45, 7) is 0. The molecule has 0 bridgehead atoms. The number of methoxy groups -OCH3 is 1. The fourth-order valence-corrected chi connectivity index (χ4v) is 6.60. The average Bonchev–Trinajstić information content (AvgIpc) is 3.21. The normalized spacial score (nSPS) is 20.5. The highest BCUT2D eigenvalue weighted by molar-refractivity contribution is 9.10. The lowest BCUT2D eigenvalue weighted by Gasteiger charge is -2.33. The average molecular weight is 402 g/mol. The Hall–Kier alpha value is -0.590. The van der Waals surface area contributed by atoms with Gasteiger partial charge < -0.3 is 4.74 Å². The number of hydrogen-bond acceptors (Lipinski definition) is 3. The molecule has 2 aliphatic rings. The van der Waals surface area contributed by atoms with Gasteiger partial charge in [-0.15, -0.1) is 0 Å². The first kappa shape index (κ1) is 17.2. The Labute approximate surface area is 147 Å². The second-order valence-corrected chi connectivity index (χ2v) is 9.23. The van der Waals surface area contributed by atoms with Gasteiger partial charge in [0.2, 0.25) is 10.0 Å². The molecule has 0 N–H and O–H groups in total. The van der Waals surface area contributed by atoms with Gasteiger partial charge in [-0.3, -0.25) is 0 Å². The van der Waals surface area contributed by atoms with Crippen LogP contribution in [-0.2, 0) is 10.0 Å². The predicted octanol–water partition coefficient (Wildman–Crippen LogP) is 4.33. The first-order chi connectivity index (χ1) is 11.0. The van der Waals surface area contributed by atoms with Gasteiger partial charge in [-0.1, -0.05) is 41.6 Å². The summed E-state index contributed by atoms with van der Waals surface area (Å²) >= 11 is 3.40. The van der Waals surface area contributed by atoms with E-state index in [4.69, 9.17) is 4.74 Å². The maximum absolute atomic E-state index is 13.5. The third-order valence-corrected chi connectivity index (χ3v) is 7.57. The van der Waals surface area contributed by atoms with Gasteiger partial charge in [-0.2, -0.15) is 4.31 Å². The summed E-state index contributed by atoms with van der Waals surface area (Å²) in [5.74, 6) is 0.425. The van der Waals surface area contributed by atoms with Gasteiger partial charge in [-0.25, -0.2) is 8.42 Å². The Morgan fingerprint density at radius 1 is 1.04 bits per heavy atom. The van der Waals surface area contributed by atoms with Gasteiger partial charge in [0.15, 0.2) is 0 Å². The molecule has 2 aliphatic carbocycles. The van der Waals surface area contributed by atoms with E-state index in [0.29, 0.717) is 5.75 Å². The van der Waals surface area contributed by atoms with Crippen LogP contribution in [0, 0.1) is 0 Å². The van der Waals surface area contributed by atoms with E-state index in [-0.39, 0.29) is 17.0 Å². The van der Waals surface area contributed by atoms with Crippen molar-refractivity contribution < 1.29 is 13.2 Å². The van der Waals surface area contributed by atoms with Gasteiger partial charge in [0, 0.05) is 16.6 Å². The smallest absolute Gasteiger partial charge is 0.247 e. The van der Waals surface area contributed by atoms with E-state index in [9.17, 15) is 8.42 Å². The number of halogens is 1. The summed E-state index contributed by atoms with van der Waals surface area (Å²) in [4.78, 5) is 0.285. The van der Waals surface area contributed by atoms with Crippen molar-refractivity contribution in [1.29, 1.82) is 0 Å². The number of sulfonamides is 1. The van der Waals surface area contributed by atoms with Gasteiger partial charge in [0.25, 0.3) is 0 Å². The zero-order chi connectivity index (χ0) is 16.4. The number of rotatable bonds is 5. The van der Waals surface area contributed by atoms with Crippen LogP contribution >= 0.6 is 15.9 Å². The summed E-state index contributed by atoms with van der Waals surface area (Å²) in [7, 11) is -2.03. The molecular formula is C17H24BrNO3S. The maximum atomic E-state index is 13.5. The number of benzene rings is 1. The second kappa shape index (κ2) is 7.11. The molecule has 2 fully saturated rings. The molecule has 0 radical (unpaired) electrons. The highest BCUT2D eigenvalue weighted by Gasteiger charge is 2.40. The first-order valence-electron chi connectivity index (χ1n) is 8.41. The minimum atomic E-state index is -3.55. The topological polar surface area (TPSA) is 46.6 Å². The molecule has 3 rings (SSSR count). The standard InChI is InChI=1S/C17H24BrNO3S/c1-22-16-11-10-13(18)12-17(16)23(20,21)19(14-6-2-3-7-14)15-8-4-5-9-15/h10-12,14-15H,2-9H2,1H3. The first-order valence-corrected chi connectivity index (χ1v) is 10.6. The minimum Gasteiger partial charge on any atom is -0.495 e. The monoisotopic (exact) mass is 401 g/mol. The molecule has 0 atom stereocenters. The van der Waals surface area contributed by atoms with Gasteiger partial charge >= 0.3 is 0 Å². The van der Waals surface area contributed by atoms with Crippen LogP contribution in [0.25, 0.3) is 0 Å². The van der Waals surface area contributed by atoms with Gasteiger partial charge in [0.05, 0.1) is 7.11 Å². The van der Waals surface area contributed by atoms with Crippen molar-refractivity contribution in [1.82, 2.24) is 4.31 Å². The van der Waals surface area contributed by atoms with Crippen LogP contribution < -0.4 is 4.74 Å². The van der Waals surface area contributed by atoms with Crippen molar-refractivity contribution in [3.8, 4) is 5.75 Å². The van der Waals surface area contributed by atoms with E-state index >= 15 is 0 Å². The molecule has 1 aromatic carbocycles. The second-order valence-electron chi connectivity index (χ2n) is 6.51. The molecule has 4 nitrogen and oxygen atoms in total. The molecule has 0 saturated heterocycles. The molecule has 0 spiro atoms. The molecule has 0 aliphatic heterocycles. The van der Waals surface area contributed by atoms with Crippen molar-refractivity contribution in [2.24, 2.45) is 0 Å². The molecule has 2 saturated carbocycles. The number of ether oxygens (including phenoxy) is 1. The quantitative estimate of drug-likeness (QED) is 0.737. The molecule has 1 aromatic rings. The van der Waals surface area contributed by atoms with Crippen LogP contribution in [-0.4, -0.2) is 31.9 Å². The minimum absolute atomic E-state index is 0.145. The van der Waals surface area contributed by atoms with Gasteiger partial charge in [-0.05, 0) is 43.9 Å². The fourth-order valence-electron chi connectivity index (χ4n) is 3.97. The van der Waals surface area contributed by atoms with Crippen LogP contribution in [0.3, 0.4) is 0 Å². The molecule has 23 heavy (non-hydrogen) atoms. The largest absolute Gasteiger partial charge is 0.495 e. The fraction of sp³-hybridized carbons (Fsp3) is 0.647. The van der Waals surface area contributed by atoms with Crippen LogP contribution in [0.5, 0.6) is 5.75 Å². The van der Waals surface area contributed by atoms with E-state index in [1.807, 2.05) is 10.4 Å². The summed E-state index contributed by atoms with van der Waals surface area (Å²) in [6, 6.07) is 5.50. The van der Waals surface area contributed by atoms with Crippen molar-refractivity contribution in [2.75, 3.05) is 7.11 Å². The SMILES string of the molecule is COc1ccc(Br)cc1S(=O)(=O)N(C1CCCC1)C1CCCC1. The Morgan fingerprint density at radius 3 is 2.04 bits per heavy atom. The van der Waals surface area contributed by atoms with Crippen molar-refractivity contribution >= 4 is 26.0 Å². The lowest BCUT2D eigenvalue weighted by molar-refractivity contribution is 0.250. The molecule has 0 heterocycles. The molecule has 0 amide bonds. The molecule has 0 unspecified atom stereocenters. The third-order valence-electron chi connectivity index (χ3n) is 5.05. The van der Waals surface area contributed by atoms with E-state index < -0.39 is 10.0 Å². The third kappa shape index (κ3) is 3.44. The van der Waals surface area contributed by atoms with Crippen LogP contribution in [0.2, 0.25) is 0 Å². The zero-order valence-corrected chi connectivity index (χ0v) is 15.9. The lowest BCUT2D eigenvalue weighted by atomic mass is 10.2. The van der Waals surface area contributed by atoms with E-state index in [1.54, 1.807) is 12.1 Å². The Bertz CT molecular complexity index is 634. The van der Waals surface area contributed by atoms with Crippen LogP contribution in [0.1, 0.15) is 51.4 Å². The summed E-state index contributed by atoms with van der Waals surface area (Å²) in [5.41, 5.74) is 0. The number of nitrogens with zero attached hydrogens (tertiary/aromatic N) is 1. The predicted molar refractivity (Wildman–Crippen MR) is 94.2 cm³/mol. The highest BCUT2D eigenvalue weighted by atomic mass is 79.9. The molecule has 0 aromatic heterocycles. The van der Waals surface area contributed by atoms with E-state index in [2.05, 4.69) is 15.9 Å². The van der Waals surface area contributed by atoms with Crippen molar-refractivity contribution in [2.45, 2.75) is 68.3 Å². The van der Waals surface area contributed by atoms with Crippen molar-refractivity contribution in [3.63, 3.8) is 0 Å². The van der Waals surface area contributed by atoms with Crippen LogP contribution in [0.4, 0.5) is 0 Å². The maximum Gasteiger partial charge on any atom is 0.247 e. The van der Waals surface area contributed by atoms with E-state index in [0.717, 1.165) is 55.8 Å². The van der Waals surface area contributed by atoms with Crippen LogP contribution in [0.15, 0.2) is 27.6 Å². The Morgan fingerprint density at radius 2 is 1.57 bits per heavy atom. The molecule has 128 valence electrons. The zero-order valence-electron chi connectivity index (χ0n) is 13.5. The Kier molecular flexibility index (Phi) is 5.33.